The molecule has 0 radical (unpaired) electrons. The van der Waals surface area contributed by atoms with Crippen LogP contribution >= 0.6 is 11.6 Å². The van der Waals surface area contributed by atoms with Crippen LogP contribution in [0, 0.1) is 13.8 Å². The Morgan fingerprint density at radius 2 is 1.76 bits per heavy atom. The van der Waals surface area contributed by atoms with Gasteiger partial charge in [-0.3, -0.25) is 4.79 Å². The summed E-state index contributed by atoms with van der Waals surface area (Å²) in [7, 11) is 0. The van der Waals surface area contributed by atoms with E-state index in [1.54, 1.807) is 6.07 Å². The minimum atomic E-state index is -0.369. The molecule has 3 rings (SSSR count). The van der Waals surface area contributed by atoms with E-state index < -0.39 is 0 Å². The van der Waals surface area contributed by atoms with Crippen LogP contribution in [0.2, 0.25) is 5.02 Å². The predicted octanol–water partition coefficient (Wildman–Crippen LogP) is 4.54. The van der Waals surface area contributed by atoms with Crippen LogP contribution < -0.4 is 15.5 Å². The molecule has 156 valence electrons. The summed E-state index contributed by atoms with van der Waals surface area (Å²) in [6.45, 7) is 13.6. The van der Waals surface area contributed by atoms with Crippen molar-refractivity contribution in [2.75, 3.05) is 48.3 Å². The standard InChI is InChI=1S/C23H31ClN4O/c1-5-27-10-12-28(13-11-27)20-8-9-21(17(3)14-20)25-18(4)23(29)26-22-15-19(24)7-6-16(22)2/h6-9,14-15,18,25H,5,10-13H2,1-4H3,(H,26,29). The number of amides is 1. The van der Waals surface area contributed by atoms with Crippen molar-refractivity contribution < 1.29 is 4.79 Å². The maximum atomic E-state index is 12.6. The Kier molecular flexibility index (Phi) is 7.04. The lowest BCUT2D eigenvalue weighted by Gasteiger charge is -2.35. The first-order chi connectivity index (χ1) is 13.9. The van der Waals surface area contributed by atoms with Crippen molar-refractivity contribution >= 4 is 34.6 Å². The summed E-state index contributed by atoms with van der Waals surface area (Å²) in [5, 5.41) is 6.91. The van der Waals surface area contributed by atoms with Gasteiger partial charge in [0, 0.05) is 48.3 Å². The molecule has 1 aliphatic heterocycles. The molecule has 1 unspecified atom stereocenters. The summed E-state index contributed by atoms with van der Waals surface area (Å²) >= 11 is 6.05. The second kappa shape index (κ2) is 9.51. The van der Waals surface area contributed by atoms with Gasteiger partial charge in [0.1, 0.15) is 6.04 Å². The van der Waals surface area contributed by atoms with Crippen molar-refractivity contribution in [2.45, 2.75) is 33.7 Å². The van der Waals surface area contributed by atoms with E-state index in [0.717, 1.165) is 55.2 Å². The number of nitrogens with one attached hydrogen (secondary N) is 2. The molecule has 2 N–H and O–H groups in total. The molecule has 1 atom stereocenters. The molecule has 1 saturated heterocycles. The molecule has 0 aromatic heterocycles. The van der Waals surface area contributed by atoms with Gasteiger partial charge in [-0.1, -0.05) is 24.6 Å². The van der Waals surface area contributed by atoms with Crippen LogP contribution in [0.1, 0.15) is 25.0 Å². The van der Waals surface area contributed by atoms with Crippen molar-refractivity contribution in [1.29, 1.82) is 0 Å². The monoisotopic (exact) mass is 414 g/mol. The number of aryl methyl sites for hydroxylation is 2. The zero-order valence-corrected chi connectivity index (χ0v) is 18.5. The second-order valence-electron chi connectivity index (χ2n) is 7.74. The second-order valence-corrected chi connectivity index (χ2v) is 8.17. The topological polar surface area (TPSA) is 47.6 Å². The van der Waals surface area contributed by atoms with E-state index in [9.17, 15) is 4.79 Å². The highest BCUT2D eigenvalue weighted by Crippen LogP contribution is 2.25. The number of halogens is 1. The summed E-state index contributed by atoms with van der Waals surface area (Å²) in [5.41, 5.74) is 5.09. The Hall–Kier alpha value is -2.24. The summed E-state index contributed by atoms with van der Waals surface area (Å²) in [6.07, 6.45) is 0. The van der Waals surface area contributed by atoms with Gasteiger partial charge in [0.2, 0.25) is 5.91 Å². The molecule has 29 heavy (non-hydrogen) atoms. The smallest absolute Gasteiger partial charge is 0.246 e. The number of hydrogen-bond acceptors (Lipinski definition) is 4. The van der Waals surface area contributed by atoms with Gasteiger partial charge in [-0.25, -0.2) is 0 Å². The number of likely N-dealkylation sites (N-methyl/N-ethyl adjacent to an activating group) is 1. The van der Waals surface area contributed by atoms with Crippen LogP contribution in [-0.2, 0) is 4.79 Å². The first-order valence-electron chi connectivity index (χ1n) is 10.3. The van der Waals surface area contributed by atoms with Crippen molar-refractivity contribution in [3.05, 3.63) is 52.5 Å². The summed E-state index contributed by atoms with van der Waals surface area (Å²) < 4.78 is 0. The van der Waals surface area contributed by atoms with E-state index in [0.29, 0.717) is 5.02 Å². The van der Waals surface area contributed by atoms with E-state index >= 15 is 0 Å². The number of nitrogens with zero attached hydrogens (tertiary/aromatic N) is 2. The molecule has 6 heteroatoms. The third kappa shape index (κ3) is 5.43. The zero-order chi connectivity index (χ0) is 21.0. The first-order valence-corrected chi connectivity index (χ1v) is 10.7. The van der Waals surface area contributed by atoms with Crippen molar-refractivity contribution in [1.82, 2.24) is 4.90 Å². The lowest BCUT2D eigenvalue weighted by atomic mass is 10.1. The molecule has 1 amide bonds. The minimum absolute atomic E-state index is 0.0884. The maximum absolute atomic E-state index is 12.6. The molecule has 2 aromatic rings. The Labute approximate surface area is 179 Å². The van der Waals surface area contributed by atoms with E-state index in [1.165, 1.54) is 5.69 Å². The van der Waals surface area contributed by atoms with Gasteiger partial charge in [0.15, 0.2) is 0 Å². The molecule has 5 nitrogen and oxygen atoms in total. The normalized spacial score (nSPS) is 15.8. The van der Waals surface area contributed by atoms with Gasteiger partial charge in [-0.05, 0) is 68.8 Å². The van der Waals surface area contributed by atoms with Crippen LogP contribution in [0.5, 0.6) is 0 Å². The Morgan fingerprint density at radius 3 is 2.41 bits per heavy atom. The predicted molar refractivity (Wildman–Crippen MR) is 123 cm³/mol. The fourth-order valence-electron chi connectivity index (χ4n) is 3.60. The molecule has 1 heterocycles. The number of carbonyl (C=O) groups is 1. The first kappa shape index (κ1) is 21.5. The number of anilines is 3. The summed E-state index contributed by atoms with van der Waals surface area (Å²) in [5.74, 6) is -0.0884. The summed E-state index contributed by atoms with van der Waals surface area (Å²) in [6, 6.07) is 11.6. The Balaban J connectivity index is 1.62. The van der Waals surface area contributed by atoms with E-state index in [4.69, 9.17) is 11.6 Å². The van der Waals surface area contributed by atoms with Gasteiger partial charge in [-0.15, -0.1) is 0 Å². The SMILES string of the molecule is CCN1CCN(c2ccc(NC(C)C(=O)Nc3cc(Cl)ccc3C)c(C)c2)CC1. The fourth-order valence-corrected chi connectivity index (χ4v) is 3.77. The third-order valence-electron chi connectivity index (χ3n) is 5.62. The molecule has 0 saturated carbocycles. The molecule has 1 aliphatic rings. The minimum Gasteiger partial charge on any atom is -0.374 e. The van der Waals surface area contributed by atoms with Gasteiger partial charge in [0.25, 0.3) is 0 Å². The molecule has 0 bridgehead atoms. The quantitative estimate of drug-likeness (QED) is 0.728. The maximum Gasteiger partial charge on any atom is 0.246 e. The Morgan fingerprint density at radius 1 is 1.03 bits per heavy atom. The number of carbonyl (C=O) groups excluding carboxylic acids is 1. The highest BCUT2D eigenvalue weighted by atomic mass is 35.5. The molecule has 0 spiro atoms. The van der Waals surface area contributed by atoms with Gasteiger partial charge in [-0.2, -0.15) is 0 Å². The Bertz CT molecular complexity index is 862. The highest BCUT2D eigenvalue weighted by molar-refractivity contribution is 6.31. The van der Waals surface area contributed by atoms with Crippen LogP contribution in [0.25, 0.3) is 0 Å². The van der Waals surface area contributed by atoms with Crippen LogP contribution in [0.15, 0.2) is 36.4 Å². The fraction of sp³-hybridized carbons (Fsp3) is 0.435. The highest BCUT2D eigenvalue weighted by Gasteiger charge is 2.18. The van der Waals surface area contributed by atoms with E-state index in [-0.39, 0.29) is 11.9 Å². The molecule has 0 aliphatic carbocycles. The van der Waals surface area contributed by atoms with Gasteiger partial charge < -0.3 is 20.4 Å². The molecular formula is C23H31ClN4O. The number of piperazine rings is 1. The van der Waals surface area contributed by atoms with Crippen molar-refractivity contribution in [3.63, 3.8) is 0 Å². The largest absolute Gasteiger partial charge is 0.374 e. The lowest BCUT2D eigenvalue weighted by Crippen LogP contribution is -2.46. The number of hydrogen-bond donors (Lipinski definition) is 2. The molecule has 1 fully saturated rings. The average molecular weight is 415 g/mol. The van der Waals surface area contributed by atoms with Gasteiger partial charge >= 0.3 is 0 Å². The molecule has 2 aromatic carbocycles. The van der Waals surface area contributed by atoms with E-state index in [2.05, 4.69) is 52.5 Å². The number of rotatable bonds is 6. The lowest BCUT2D eigenvalue weighted by molar-refractivity contribution is -0.116. The average Bonchev–Trinajstić information content (AvgIpc) is 2.72. The van der Waals surface area contributed by atoms with Crippen LogP contribution in [0.4, 0.5) is 17.1 Å². The third-order valence-corrected chi connectivity index (χ3v) is 5.85. The summed E-state index contributed by atoms with van der Waals surface area (Å²) in [4.78, 5) is 17.5. The van der Waals surface area contributed by atoms with Crippen molar-refractivity contribution in [3.8, 4) is 0 Å². The number of benzene rings is 2. The van der Waals surface area contributed by atoms with Crippen LogP contribution in [0.3, 0.4) is 0 Å². The van der Waals surface area contributed by atoms with Crippen molar-refractivity contribution in [2.24, 2.45) is 0 Å². The van der Waals surface area contributed by atoms with Gasteiger partial charge in [0.05, 0.1) is 0 Å². The van der Waals surface area contributed by atoms with Crippen LogP contribution in [-0.4, -0.2) is 49.6 Å². The molecular weight excluding hydrogens is 384 g/mol. The van der Waals surface area contributed by atoms with E-state index in [1.807, 2.05) is 26.0 Å². The zero-order valence-electron chi connectivity index (χ0n) is 17.8.